The SMILES string of the molecule is COc1cc(Cc2cnc(N)nc2N)cc(OC)c1OC.Cc1cc(NS(=O)(=O)c2ccc(N)cc2)no1.Cc1cc(NS(=O)(=O)c2ccc(N)cc2)no1.Cc1cc(NS(=O)(=O)c2ccc(N)cc2)no1.Cc1cc(NS(=O)(=O)c2ccc(N)cc2)no1.Cc1cc(NS(=O)(=O)c2ccc(N)cc2)no1. The van der Waals surface area contributed by atoms with Gasteiger partial charge in [0.05, 0.1) is 45.8 Å². The van der Waals surface area contributed by atoms with E-state index in [1.807, 2.05) is 12.1 Å². The smallest absolute Gasteiger partial charge is 0.263 e. The summed E-state index contributed by atoms with van der Waals surface area (Å²) in [5, 5.41) is 17.8. The van der Waals surface area contributed by atoms with Crippen molar-refractivity contribution in [1.82, 2.24) is 35.8 Å². The summed E-state index contributed by atoms with van der Waals surface area (Å²) in [6.07, 6.45) is 2.14. The standard InChI is InChI=1S/C14H18N4O3.5C10H11N3O3S/c1-19-10-5-8(6-11(20-2)12(10)21-3)4-9-7-17-14(16)18-13(9)15;5*1-7-6-10(12-16-7)13-17(14,15)9-4-2-8(11)3-5-9/h5-7H,4H2,1-3H3,(H4,15,16,17,18);5*2-6H,11H2,1H3,(H,12,13). The van der Waals surface area contributed by atoms with Gasteiger partial charge >= 0.3 is 0 Å². The van der Waals surface area contributed by atoms with E-state index in [1.54, 1.807) is 62.1 Å². The molecular formula is C64H73N19O18S5. The van der Waals surface area contributed by atoms with Crippen LogP contribution in [0.4, 0.5) is 69.3 Å². The predicted octanol–water partition coefficient (Wildman–Crippen LogP) is 8.09. The number of anilines is 12. The van der Waals surface area contributed by atoms with Gasteiger partial charge in [0.15, 0.2) is 40.6 Å². The molecular weight excluding hydrogens is 1480 g/mol. The highest BCUT2D eigenvalue weighted by atomic mass is 32.2. The monoisotopic (exact) mass is 1560 g/mol. The summed E-state index contributed by atoms with van der Waals surface area (Å²) in [6, 6.07) is 40.6. The first-order valence-corrected chi connectivity index (χ1v) is 37.6. The molecule has 6 aromatic carbocycles. The lowest BCUT2D eigenvalue weighted by atomic mass is 10.1. The Balaban J connectivity index is 0.000000178. The Morgan fingerprint density at radius 1 is 0.340 bits per heavy atom. The molecule has 106 heavy (non-hydrogen) atoms. The Bertz CT molecular complexity index is 4810. The van der Waals surface area contributed by atoms with E-state index in [0.29, 0.717) is 86.7 Å². The van der Waals surface area contributed by atoms with Gasteiger partial charge in [-0.25, -0.2) is 47.1 Å². The van der Waals surface area contributed by atoms with E-state index in [0.717, 1.165) is 11.1 Å². The second-order valence-corrected chi connectivity index (χ2v) is 30.2. The lowest BCUT2D eigenvalue weighted by Crippen LogP contribution is -2.13. The van der Waals surface area contributed by atoms with E-state index in [9.17, 15) is 42.1 Å². The van der Waals surface area contributed by atoms with Crippen LogP contribution < -0.4 is 78.0 Å². The third-order valence-corrected chi connectivity index (χ3v) is 20.2. The van der Waals surface area contributed by atoms with Crippen LogP contribution in [-0.2, 0) is 56.5 Å². The van der Waals surface area contributed by atoms with Crippen LogP contribution in [0.25, 0.3) is 0 Å². The maximum Gasteiger partial charge on any atom is 0.263 e. The van der Waals surface area contributed by atoms with Crippen LogP contribution in [0.2, 0.25) is 0 Å². The highest BCUT2D eigenvalue weighted by Gasteiger charge is 2.22. The number of sulfonamides is 5. The number of nitrogens with two attached hydrogens (primary N) is 7. The van der Waals surface area contributed by atoms with Crippen LogP contribution in [0.5, 0.6) is 17.2 Å². The van der Waals surface area contributed by atoms with Crippen molar-refractivity contribution in [2.75, 3.05) is 85.1 Å². The molecule has 0 saturated heterocycles. The number of nitrogens with zero attached hydrogens (tertiary/aromatic N) is 7. The molecule has 562 valence electrons. The molecule has 0 aliphatic rings. The fourth-order valence-electron chi connectivity index (χ4n) is 8.32. The molecule has 0 spiro atoms. The van der Waals surface area contributed by atoms with E-state index in [4.69, 9.17) is 77.0 Å². The Kier molecular flexibility index (Phi) is 26.9. The molecule has 0 saturated carbocycles. The van der Waals surface area contributed by atoms with Crippen LogP contribution in [0.15, 0.2) is 217 Å². The number of rotatable bonds is 20. The van der Waals surface area contributed by atoms with Gasteiger partial charge in [-0.1, -0.05) is 25.8 Å². The van der Waals surface area contributed by atoms with Crippen LogP contribution in [0, 0.1) is 34.6 Å². The Morgan fingerprint density at radius 3 is 0.745 bits per heavy atom. The van der Waals surface area contributed by atoms with Gasteiger partial charge in [0.2, 0.25) is 11.7 Å². The minimum Gasteiger partial charge on any atom is -0.493 e. The van der Waals surface area contributed by atoms with E-state index in [-0.39, 0.29) is 59.5 Å². The van der Waals surface area contributed by atoms with Gasteiger partial charge in [-0.2, -0.15) is 4.98 Å². The molecule has 0 unspecified atom stereocenters. The average Bonchev–Trinajstić information content (AvgIpc) is 1.12. The summed E-state index contributed by atoms with van der Waals surface area (Å²) in [4.78, 5) is 8.49. The average molecular weight is 1560 g/mol. The van der Waals surface area contributed by atoms with E-state index in [2.05, 4.69) is 59.4 Å². The zero-order chi connectivity index (χ0) is 77.7. The maximum absolute atomic E-state index is 11.9. The molecule has 0 aliphatic heterocycles. The number of ether oxygens (including phenoxy) is 3. The van der Waals surface area contributed by atoms with Crippen molar-refractivity contribution in [2.24, 2.45) is 0 Å². The Hall–Kier alpha value is -12.8. The molecule has 0 atom stereocenters. The molecule has 0 fully saturated rings. The molecule has 0 amide bonds. The van der Waals surface area contributed by atoms with Crippen molar-refractivity contribution in [3.05, 3.63) is 210 Å². The molecule has 37 nitrogen and oxygen atoms in total. The largest absolute Gasteiger partial charge is 0.493 e. The summed E-state index contributed by atoms with van der Waals surface area (Å²) in [6.45, 7) is 8.37. The molecule has 12 rings (SSSR count). The molecule has 12 aromatic rings. The van der Waals surface area contributed by atoms with Gasteiger partial charge in [-0.15, -0.1) is 0 Å². The molecule has 0 aliphatic carbocycles. The lowest BCUT2D eigenvalue weighted by Gasteiger charge is -2.14. The predicted molar refractivity (Wildman–Crippen MR) is 394 cm³/mol. The fourth-order valence-corrected chi connectivity index (χ4v) is 13.2. The quantitative estimate of drug-likeness (QED) is 0.0321. The topological polar surface area (TPSA) is 597 Å². The fraction of sp³-hybridized carbons (Fsp3) is 0.141. The van der Waals surface area contributed by atoms with E-state index in [1.165, 1.54) is 152 Å². The first kappa shape index (κ1) is 80.5. The Morgan fingerprint density at radius 2 is 0.566 bits per heavy atom. The normalized spacial score (nSPS) is 11.1. The number of benzene rings is 6. The van der Waals surface area contributed by atoms with E-state index < -0.39 is 50.1 Å². The summed E-state index contributed by atoms with van der Waals surface area (Å²) < 4.78 is 170. The van der Waals surface area contributed by atoms with Crippen molar-refractivity contribution in [3.63, 3.8) is 0 Å². The second-order valence-electron chi connectivity index (χ2n) is 21.8. The number of hydrogen-bond donors (Lipinski definition) is 12. The number of hydrogen-bond acceptors (Lipinski definition) is 32. The minimum absolute atomic E-state index is 0.118. The van der Waals surface area contributed by atoms with Crippen LogP contribution in [0.3, 0.4) is 0 Å². The number of nitrogens with one attached hydrogen (secondary N) is 5. The van der Waals surface area contributed by atoms with Gasteiger partial charge in [0.25, 0.3) is 50.1 Å². The third kappa shape index (κ3) is 23.9. The van der Waals surface area contributed by atoms with Crippen molar-refractivity contribution < 1.29 is 78.9 Å². The molecule has 19 N–H and O–H groups in total. The molecule has 6 aromatic heterocycles. The van der Waals surface area contributed by atoms with Crippen LogP contribution in [0.1, 0.15) is 39.9 Å². The van der Waals surface area contributed by atoms with Crippen LogP contribution >= 0.6 is 0 Å². The van der Waals surface area contributed by atoms with Gasteiger partial charge in [-0.05, 0) is 174 Å². The second kappa shape index (κ2) is 35.4. The Labute approximate surface area is 608 Å². The lowest BCUT2D eigenvalue weighted by molar-refractivity contribution is 0.324. The van der Waals surface area contributed by atoms with Crippen molar-refractivity contribution >= 4 is 119 Å². The minimum atomic E-state index is -3.64. The molecule has 42 heteroatoms. The maximum atomic E-state index is 11.9. The van der Waals surface area contributed by atoms with Crippen molar-refractivity contribution in [2.45, 2.75) is 65.5 Å². The van der Waals surface area contributed by atoms with Gasteiger partial charge in [0.1, 0.15) is 34.6 Å². The van der Waals surface area contributed by atoms with E-state index >= 15 is 0 Å². The van der Waals surface area contributed by atoms with Gasteiger partial charge < -0.3 is 77.0 Å². The van der Waals surface area contributed by atoms with Gasteiger partial charge in [0, 0.05) is 76.9 Å². The summed E-state index contributed by atoms with van der Waals surface area (Å²) in [5.41, 5.74) is 43.0. The number of nitrogen functional groups attached to an aromatic ring is 7. The van der Waals surface area contributed by atoms with Crippen molar-refractivity contribution in [3.8, 4) is 17.2 Å². The van der Waals surface area contributed by atoms with Crippen LogP contribution in [-0.4, -0.2) is 99.2 Å². The first-order chi connectivity index (χ1) is 49.9. The summed E-state index contributed by atoms with van der Waals surface area (Å²) in [5.74, 6) is 5.63. The zero-order valence-electron chi connectivity index (χ0n) is 57.4. The highest BCUT2D eigenvalue weighted by Crippen LogP contribution is 2.39. The van der Waals surface area contributed by atoms with Crippen molar-refractivity contribution in [1.29, 1.82) is 0 Å². The number of aromatic nitrogens is 7. The number of aryl methyl sites for hydroxylation is 5. The molecule has 0 bridgehead atoms. The first-order valence-electron chi connectivity index (χ1n) is 30.2. The highest BCUT2D eigenvalue weighted by molar-refractivity contribution is 7.94. The zero-order valence-corrected chi connectivity index (χ0v) is 61.5. The summed E-state index contributed by atoms with van der Waals surface area (Å²) >= 11 is 0. The number of methoxy groups -OCH3 is 3. The molecule has 6 heterocycles. The van der Waals surface area contributed by atoms with Gasteiger partial charge in [-0.3, -0.25) is 23.6 Å². The molecule has 0 radical (unpaired) electrons. The third-order valence-electron chi connectivity index (χ3n) is 13.3. The summed E-state index contributed by atoms with van der Waals surface area (Å²) in [7, 11) is -13.5.